The number of hydrogen-bond donors (Lipinski definition) is 1. The molecular weight excluding hydrogens is 401 g/mol. The summed E-state index contributed by atoms with van der Waals surface area (Å²) in [6, 6.07) is 9.69. The molecule has 0 unspecified atom stereocenters. The number of alkyl halides is 3. The van der Waals surface area contributed by atoms with Crippen LogP contribution in [0.2, 0.25) is 0 Å². The maximum atomic E-state index is 12.5. The number of aromatic nitrogens is 1. The van der Waals surface area contributed by atoms with E-state index < -0.39 is 6.36 Å². The van der Waals surface area contributed by atoms with Crippen molar-refractivity contribution in [2.45, 2.75) is 26.1 Å². The topological polar surface area (TPSA) is 77.6 Å². The molecule has 2 aromatic carbocycles. The van der Waals surface area contributed by atoms with Crippen LogP contribution in [0.1, 0.15) is 18.4 Å². The molecule has 1 aromatic heterocycles. The molecule has 1 aliphatic rings. The van der Waals surface area contributed by atoms with E-state index in [9.17, 15) is 13.2 Å². The summed E-state index contributed by atoms with van der Waals surface area (Å²) < 4.78 is 57.6. The van der Waals surface area contributed by atoms with Crippen molar-refractivity contribution < 1.29 is 31.9 Å². The van der Waals surface area contributed by atoms with Crippen molar-refractivity contribution in [2.24, 2.45) is 5.92 Å². The van der Waals surface area contributed by atoms with Crippen molar-refractivity contribution in [2.75, 3.05) is 13.2 Å². The minimum absolute atomic E-state index is 0.0186. The van der Waals surface area contributed by atoms with Crippen LogP contribution >= 0.6 is 0 Å². The fraction of sp³-hybridized carbons (Fsp3) is 0.333. The second-order valence-corrected chi connectivity index (χ2v) is 7.19. The molecule has 3 aromatic rings. The van der Waals surface area contributed by atoms with Gasteiger partial charge in [-0.05, 0) is 71.8 Å². The largest absolute Gasteiger partial charge is 0.573 e. The first-order valence-electron chi connectivity index (χ1n) is 9.38. The van der Waals surface area contributed by atoms with E-state index in [1.165, 1.54) is 6.07 Å². The Labute approximate surface area is 170 Å². The Kier molecular flexibility index (Phi) is 5.27. The van der Waals surface area contributed by atoms with E-state index >= 15 is 0 Å². The smallest absolute Gasteiger partial charge is 0.478 e. The Hall–Kier alpha value is -3.23. The maximum Gasteiger partial charge on any atom is 0.573 e. The van der Waals surface area contributed by atoms with E-state index in [1.807, 2.05) is 0 Å². The van der Waals surface area contributed by atoms with Gasteiger partial charge < -0.3 is 18.7 Å². The van der Waals surface area contributed by atoms with Crippen LogP contribution in [-0.2, 0) is 4.74 Å². The van der Waals surface area contributed by atoms with E-state index in [0.29, 0.717) is 34.6 Å². The van der Waals surface area contributed by atoms with Gasteiger partial charge in [-0.15, -0.1) is 13.2 Å². The van der Waals surface area contributed by atoms with E-state index in [0.717, 1.165) is 18.4 Å². The van der Waals surface area contributed by atoms with Crippen molar-refractivity contribution >= 4 is 16.9 Å². The monoisotopic (exact) mass is 420 g/mol. The van der Waals surface area contributed by atoms with Crippen molar-refractivity contribution in [3.8, 4) is 22.8 Å². The minimum atomic E-state index is -4.74. The van der Waals surface area contributed by atoms with Gasteiger partial charge in [-0.25, -0.2) is 0 Å². The normalized spacial score (nSPS) is 14.0. The summed E-state index contributed by atoms with van der Waals surface area (Å²) in [7, 11) is 0. The molecule has 1 saturated carbocycles. The molecule has 6 nitrogen and oxygen atoms in total. The highest BCUT2D eigenvalue weighted by atomic mass is 19.4. The molecule has 0 amide bonds. The molecule has 158 valence electrons. The number of nitrogens with zero attached hydrogens (tertiary/aromatic N) is 1. The van der Waals surface area contributed by atoms with Crippen molar-refractivity contribution in [1.29, 1.82) is 5.41 Å². The van der Waals surface area contributed by atoms with Gasteiger partial charge in [0.15, 0.2) is 12.2 Å². The standard InChI is InChI=1S/C21H19F3N2O4/c1-12-8-14(4-6-17(12)29-21(22,23)24)15-5-7-18-16(9-15)20(26-30-18)28-11-19(25)27-10-13-2-3-13/h4-9,13,25H,2-3,10-11H2,1H3. The molecule has 1 fully saturated rings. The molecule has 0 radical (unpaired) electrons. The lowest BCUT2D eigenvalue weighted by molar-refractivity contribution is -0.274. The van der Waals surface area contributed by atoms with Crippen LogP contribution in [0.4, 0.5) is 13.2 Å². The van der Waals surface area contributed by atoms with Gasteiger partial charge >= 0.3 is 6.36 Å². The quantitative estimate of drug-likeness (QED) is 0.404. The molecule has 0 saturated heterocycles. The predicted molar refractivity (Wildman–Crippen MR) is 103 cm³/mol. The number of benzene rings is 2. The molecule has 0 spiro atoms. The third-order valence-corrected chi connectivity index (χ3v) is 4.70. The summed E-state index contributed by atoms with van der Waals surface area (Å²) in [5, 5.41) is 12.3. The highest BCUT2D eigenvalue weighted by Gasteiger charge is 2.31. The van der Waals surface area contributed by atoms with E-state index in [4.69, 9.17) is 19.4 Å². The van der Waals surface area contributed by atoms with Gasteiger partial charge in [0.2, 0.25) is 5.90 Å². The third kappa shape index (κ3) is 4.84. The summed E-state index contributed by atoms with van der Waals surface area (Å²) in [5.41, 5.74) is 2.30. The van der Waals surface area contributed by atoms with Crippen molar-refractivity contribution in [1.82, 2.24) is 5.16 Å². The van der Waals surface area contributed by atoms with Gasteiger partial charge in [0, 0.05) is 0 Å². The highest BCUT2D eigenvalue weighted by molar-refractivity contribution is 5.87. The van der Waals surface area contributed by atoms with Crippen LogP contribution in [0.15, 0.2) is 40.9 Å². The number of fused-ring (bicyclic) bond motifs is 1. The van der Waals surface area contributed by atoms with Crippen LogP contribution < -0.4 is 9.47 Å². The molecule has 4 rings (SSSR count). The molecule has 1 heterocycles. The van der Waals surface area contributed by atoms with Crippen LogP contribution in [0, 0.1) is 18.3 Å². The summed E-state index contributed by atoms with van der Waals surface area (Å²) in [5.74, 6) is 0.536. The third-order valence-electron chi connectivity index (χ3n) is 4.70. The van der Waals surface area contributed by atoms with Crippen LogP contribution in [0.5, 0.6) is 11.6 Å². The number of aryl methyl sites for hydroxylation is 1. The predicted octanol–water partition coefficient (Wildman–Crippen LogP) is 5.48. The highest BCUT2D eigenvalue weighted by Crippen LogP contribution is 2.33. The van der Waals surface area contributed by atoms with Gasteiger partial charge in [0.25, 0.3) is 5.88 Å². The fourth-order valence-electron chi connectivity index (χ4n) is 2.95. The van der Waals surface area contributed by atoms with E-state index in [2.05, 4.69) is 9.89 Å². The zero-order valence-corrected chi connectivity index (χ0v) is 16.1. The summed E-state index contributed by atoms with van der Waals surface area (Å²) in [6.07, 6.45) is -2.47. The summed E-state index contributed by atoms with van der Waals surface area (Å²) in [4.78, 5) is 0. The Morgan fingerprint density at radius 3 is 2.60 bits per heavy atom. The number of ether oxygens (including phenoxy) is 3. The molecule has 9 heteroatoms. The van der Waals surface area contributed by atoms with E-state index in [1.54, 1.807) is 37.3 Å². The molecule has 30 heavy (non-hydrogen) atoms. The minimum Gasteiger partial charge on any atom is -0.478 e. The van der Waals surface area contributed by atoms with E-state index in [-0.39, 0.29) is 24.1 Å². The number of rotatable bonds is 7. The van der Waals surface area contributed by atoms with Gasteiger partial charge in [0.05, 0.1) is 12.0 Å². The average molecular weight is 420 g/mol. The average Bonchev–Trinajstić information content (AvgIpc) is 3.44. The first-order valence-corrected chi connectivity index (χ1v) is 9.38. The van der Waals surface area contributed by atoms with Crippen molar-refractivity contribution in [3.05, 3.63) is 42.0 Å². The van der Waals surface area contributed by atoms with Crippen LogP contribution in [0.3, 0.4) is 0 Å². The zero-order valence-electron chi connectivity index (χ0n) is 16.1. The van der Waals surface area contributed by atoms with Crippen molar-refractivity contribution in [3.63, 3.8) is 0 Å². The Morgan fingerprint density at radius 1 is 1.17 bits per heavy atom. The summed E-state index contributed by atoms with van der Waals surface area (Å²) >= 11 is 0. The molecule has 0 atom stereocenters. The Bertz CT molecular complexity index is 1070. The fourth-order valence-corrected chi connectivity index (χ4v) is 2.95. The Balaban J connectivity index is 1.50. The zero-order chi connectivity index (χ0) is 21.3. The first kappa shape index (κ1) is 20.1. The second kappa shape index (κ2) is 7.89. The number of nitrogens with one attached hydrogen (secondary N) is 1. The molecule has 0 bridgehead atoms. The van der Waals surface area contributed by atoms with Gasteiger partial charge in [-0.2, -0.15) is 0 Å². The lowest BCUT2D eigenvalue weighted by Crippen LogP contribution is -2.17. The van der Waals surface area contributed by atoms with Gasteiger partial charge in [-0.1, -0.05) is 12.1 Å². The lowest BCUT2D eigenvalue weighted by Gasteiger charge is -2.12. The lowest BCUT2D eigenvalue weighted by atomic mass is 10.0. The maximum absolute atomic E-state index is 12.5. The Morgan fingerprint density at radius 2 is 1.90 bits per heavy atom. The first-order chi connectivity index (χ1) is 14.3. The molecule has 1 aliphatic carbocycles. The number of hydrogen-bond acceptors (Lipinski definition) is 6. The van der Waals surface area contributed by atoms with Crippen LogP contribution in [0.25, 0.3) is 22.1 Å². The molecular formula is C21H19F3N2O4. The molecule has 0 aliphatic heterocycles. The molecule has 1 N–H and O–H groups in total. The SMILES string of the molecule is Cc1cc(-c2ccc3onc(OCC(=N)OCC4CC4)c3c2)ccc1OC(F)(F)F. The van der Waals surface area contributed by atoms with Gasteiger partial charge in [-0.3, -0.25) is 5.41 Å². The number of halogens is 3. The summed E-state index contributed by atoms with van der Waals surface area (Å²) in [6.45, 7) is 2.00. The second-order valence-electron chi connectivity index (χ2n) is 7.19. The van der Waals surface area contributed by atoms with Crippen LogP contribution in [-0.4, -0.2) is 30.6 Å². The van der Waals surface area contributed by atoms with Gasteiger partial charge in [0.1, 0.15) is 5.75 Å².